The molecule has 1 heterocycles. The van der Waals surface area contributed by atoms with E-state index in [1.54, 1.807) is 35.2 Å². The minimum Gasteiger partial charge on any atom is -0.336 e. The highest BCUT2D eigenvalue weighted by Gasteiger charge is 2.31. The Kier molecular flexibility index (Phi) is 4.97. The molecule has 1 saturated heterocycles. The van der Waals surface area contributed by atoms with Gasteiger partial charge < -0.3 is 4.90 Å². The summed E-state index contributed by atoms with van der Waals surface area (Å²) in [6, 6.07) is 12.4. The number of amides is 1. The SMILES string of the molecule is O=C(c1ccccc1Cl)N1CCN(S(=O)(=O)c2ccc3c(c2)CCC3)CC1. The molecule has 2 aromatic rings. The van der Waals surface area contributed by atoms with Crippen molar-refractivity contribution in [1.29, 1.82) is 0 Å². The van der Waals surface area contributed by atoms with Crippen LogP contribution in [-0.2, 0) is 22.9 Å². The van der Waals surface area contributed by atoms with E-state index >= 15 is 0 Å². The molecule has 0 N–H and O–H groups in total. The van der Waals surface area contributed by atoms with Crippen LogP contribution in [0, 0.1) is 0 Å². The van der Waals surface area contributed by atoms with Gasteiger partial charge in [-0.2, -0.15) is 4.31 Å². The third kappa shape index (κ3) is 3.49. The van der Waals surface area contributed by atoms with Crippen molar-refractivity contribution in [3.8, 4) is 0 Å². The molecule has 0 bridgehead atoms. The lowest BCUT2D eigenvalue weighted by molar-refractivity contribution is 0.0698. The number of fused-ring (bicyclic) bond motifs is 1. The van der Waals surface area contributed by atoms with Crippen molar-refractivity contribution >= 4 is 27.5 Å². The number of piperazine rings is 1. The maximum Gasteiger partial charge on any atom is 0.255 e. The normalized spacial score (nSPS) is 17.7. The zero-order chi connectivity index (χ0) is 19.0. The van der Waals surface area contributed by atoms with E-state index < -0.39 is 10.0 Å². The largest absolute Gasteiger partial charge is 0.336 e. The number of sulfonamides is 1. The van der Waals surface area contributed by atoms with Gasteiger partial charge in [-0.25, -0.2) is 8.42 Å². The van der Waals surface area contributed by atoms with E-state index in [4.69, 9.17) is 11.6 Å². The molecule has 4 rings (SSSR count). The molecule has 1 amide bonds. The summed E-state index contributed by atoms with van der Waals surface area (Å²) in [5.74, 6) is -0.157. The van der Waals surface area contributed by atoms with Crippen LogP contribution in [-0.4, -0.2) is 49.7 Å². The van der Waals surface area contributed by atoms with Crippen LogP contribution in [0.3, 0.4) is 0 Å². The molecule has 1 aliphatic heterocycles. The Morgan fingerprint density at radius 1 is 0.926 bits per heavy atom. The predicted molar refractivity (Wildman–Crippen MR) is 105 cm³/mol. The number of aryl methyl sites for hydroxylation is 2. The summed E-state index contributed by atoms with van der Waals surface area (Å²) in [5, 5.41) is 0.413. The molecule has 142 valence electrons. The summed E-state index contributed by atoms with van der Waals surface area (Å²) in [7, 11) is -3.54. The predicted octanol–water partition coefficient (Wildman–Crippen LogP) is 2.98. The topological polar surface area (TPSA) is 57.7 Å². The summed E-state index contributed by atoms with van der Waals surface area (Å²) < 4.78 is 27.5. The first-order chi connectivity index (χ1) is 13.0. The van der Waals surface area contributed by atoms with Crippen molar-refractivity contribution in [1.82, 2.24) is 9.21 Å². The van der Waals surface area contributed by atoms with Crippen molar-refractivity contribution in [2.45, 2.75) is 24.2 Å². The molecule has 5 nitrogen and oxygen atoms in total. The van der Waals surface area contributed by atoms with Gasteiger partial charge in [0, 0.05) is 26.2 Å². The monoisotopic (exact) mass is 404 g/mol. The average Bonchev–Trinajstić information content (AvgIpc) is 3.16. The number of rotatable bonds is 3. The zero-order valence-corrected chi connectivity index (χ0v) is 16.5. The van der Waals surface area contributed by atoms with Crippen LogP contribution < -0.4 is 0 Å². The first-order valence-electron chi connectivity index (χ1n) is 9.12. The lowest BCUT2D eigenvalue weighted by Gasteiger charge is -2.34. The minimum absolute atomic E-state index is 0.157. The number of hydrogen-bond donors (Lipinski definition) is 0. The Bertz CT molecular complexity index is 982. The summed E-state index contributed by atoms with van der Waals surface area (Å²) in [5.41, 5.74) is 2.85. The van der Waals surface area contributed by atoms with Crippen LogP contribution in [0.25, 0.3) is 0 Å². The van der Waals surface area contributed by atoms with E-state index in [1.807, 2.05) is 12.1 Å². The van der Waals surface area contributed by atoms with Gasteiger partial charge in [-0.05, 0) is 54.7 Å². The molecular weight excluding hydrogens is 384 g/mol. The molecule has 0 spiro atoms. The van der Waals surface area contributed by atoms with Gasteiger partial charge in [0.25, 0.3) is 5.91 Å². The molecular formula is C20H21ClN2O3S. The standard InChI is InChI=1S/C20H21ClN2O3S/c21-19-7-2-1-6-18(19)20(24)22-10-12-23(13-11-22)27(25,26)17-9-8-15-4-3-5-16(15)14-17/h1-2,6-9,14H,3-5,10-13H2. The van der Waals surface area contributed by atoms with Crippen LogP contribution in [0.5, 0.6) is 0 Å². The van der Waals surface area contributed by atoms with Gasteiger partial charge in [0.2, 0.25) is 10.0 Å². The van der Waals surface area contributed by atoms with Gasteiger partial charge >= 0.3 is 0 Å². The van der Waals surface area contributed by atoms with E-state index in [-0.39, 0.29) is 19.0 Å². The molecule has 0 radical (unpaired) electrons. The third-order valence-corrected chi connectivity index (χ3v) is 7.56. The Morgan fingerprint density at radius 2 is 1.63 bits per heavy atom. The lowest BCUT2D eigenvalue weighted by atomic mass is 10.1. The van der Waals surface area contributed by atoms with Crippen molar-refractivity contribution < 1.29 is 13.2 Å². The fraction of sp³-hybridized carbons (Fsp3) is 0.350. The third-order valence-electron chi connectivity index (χ3n) is 5.34. The van der Waals surface area contributed by atoms with E-state index in [2.05, 4.69) is 0 Å². The Balaban J connectivity index is 1.47. The number of halogens is 1. The average molecular weight is 405 g/mol. The summed E-state index contributed by atoms with van der Waals surface area (Å²) in [6.45, 7) is 1.29. The fourth-order valence-electron chi connectivity index (χ4n) is 3.79. The molecule has 0 saturated carbocycles. The van der Waals surface area contributed by atoms with E-state index in [0.29, 0.717) is 28.6 Å². The molecule has 2 aromatic carbocycles. The number of carbonyl (C=O) groups is 1. The Labute approximate surface area is 164 Å². The number of carbonyl (C=O) groups excluding carboxylic acids is 1. The minimum atomic E-state index is -3.54. The van der Waals surface area contributed by atoms with Gasteiger partial charge in [0.1, 0.15) is 0 Å². The first kappa shape index (κ1) is 18.5. The number of hydrogen-bond acceptors (Lipinski definition) is 3. The van der Waals surface area contributed by atoms with E-state index in [0.717, 1.165) is 24.8 Å². The Morgan fingerprint density at radius 3 is 2.37 bits per heavy atom. The molecule has 27 heavy (non-hydrogen) atoms. The highest BCUT2D eigenvalue weighted by Crippen LogP contribution is 2.27. The quantitative estimate of drug-likeness (QED) is 0.790. The fourth-order valence-corrected chi connectivity index (χ4v) is 5.48. The van der Waals surface area contributed by atoms with Crippen molar-refractivity contribution in [3.63, 3.8) is 0 Å². The Hall–Kier alpha value is -1.89. The smallest absolute Gasteiger partial charge is 0.255 e. The van der Waals surface area contributed by atoms with Gasteiger partial charge in [-0.3, -0.25) is 4.79 Å². The summed E-state index contributed by atoms with van der Waals surface area (Å²) >= 11 is 6.11. The van der Waals surface area contributed by atoms with Gasteiger partial charge in [-0.15, -0.1) is 0 Å². The maximum atomic E-state index is 13.0. The highest BCUT2D eigenvalue weighted by atomic mass is 35.5. The van der Waals surface area contributed by atoms with E-state index in [1.165, 1.54) is 9.87 Å². The lowest BCUT2D eigenvalue weighted by Crippen LogP contribution is -2.50. The molecule has 7 heteroatoms. The molecule has 0 atom stereocenters. The number of benzene rings is 2. The maximum absolute atomic E-state index is 13.0. The van der Waals surface area contributed by atoms with Gasteiger partial charge in [0.05, 0.1) is 15.5 Å². The molecule has 0 unspecified atom stereocenters. The molecule has 0 aromatic heterocycles. The molecule has 1 aliphatic carbocycles. The number of nitrogens with zero attached hydrogens (tertiary/aromatic N) is 2. The summed E-state index contributed by atoms with van der Waals surface area (Å²) in [6.07, 6.45) is 3.05. The van der Waals surface area contributed by atoms with Crippen LogP contribution >= 0.6 is 11.6 Å². The van der Waals surface area contributed by atoms with Crippen LogP contribution in [0.1, 0.15) is 27.9 Å². The van der Waals surface area contributed by atoms with Crippen molar-refractivity contribution in [2.24, 2.45) is 0 Å². The second kappa shape index (κ2) is 7.26. The van der Waals surface area contributed by atoms with Crippen molar-refractivity contribution in [3.05, 3.63) is 64.2 Å². The van der Waals surface area contributed by atoms with Crippen molar-refractivity contribution in [2.75, 3.05) is 26.2 Å². The second-order valence-corrected chi connectivity index (χ2v) is 9.31. The zero-order valence-electron chi connectivity index (χ0n) is 14.9. The highest BCUT2D eigenvalue weighted by molar-refractivity contribution is 7.89. The summed E-state index contributed by atoms with van der Waals surface area (Å²) in [4.78, 5) is 14.7. The second-order valence-electron chi connectivity index (χ2n) is 6.96. The molecule has 2 aliphatic rings. The van der Waals surface area contributed by atoms with Gasteiger partial charge in [-0.1, -0.05) is 29.8 Å². The van der Waals surface area contributed by atoms with Crippen LogP contribution in [0.4, 0.5) is 0 Å². The van der Waals surface area contributed by atoms with Gasteiger partial charge in [0.15, 0.2) is 0 Å². The molecule has 1 fully saturated rings. The van der Waals surface area contributed by atoms with Crippen LogP contribution in [0.2, 0.25) is 5.02 Å². The first-order valence-corrected chi connectivity index (χ1v) is 10.9. The van der Waals surface area contributed by atoms with Crippen LogP contribution in [0.15, 0.2) is 47.4 Å². The van der Waals surface area contributed by atoms with E-state index in [9.17, 15) is 13.2 Å².